The van der Waals surface area contributed by atoms with E-state index in [1.165, 1.54) is 19.2 Å². The lowest BCUT2D eigenvalue weighted by atomic mass is 10.0. The molecule has 0 saturated heterocycles. The highest BCUT2D eigenvalue weighted by molar-refractivity contribution is 6.00. The van der Waals surface area contributed by atoms with Crippen LogP contribution in [-0.4, -0.2) is 23.0 Å². The van der Waals surface area contributed by atoms with Crippen LogP contribution in [0.2, 0.25) is 0 Å². The van der Waals surface area contributed by atoms with Gasteiger partial charge in [-0.3, -0.25) is 4.79 Å². The predicted octanol–water partition coefficient (Wildman–Crippen LogP) is 5.55. The number of aromatic nitrogens is 2. The second-order valence-electron chi connectivity index (χ2n) is 7.87. The highest BCUT2D eigenvalue weighted by Gasteiger charge is 2.30. The summed E-state index contributed by atoms with van der Waals surface area (Å²) in [7, 11) is 1.49. The fraction of sp³-hybridized carbons (Fsp3) is 0.348. The van der Waals surface area contributed by atoms with Crippen LogP contribution in [0.15, 0.2) is 30.3 Å². The third-order valence-electron chi connectivity index (χ3n) is 5.45. The fourth-order valence-corrected chi connectivity index (χ4v) is 3.58. The molecule has 1 aliphatic rings. The van der Waals surface area contributed by atoms with Crippen LogP contribution in [0.4, 0.5) is 24.7 Å². The Morgan fingerprint density at radius 3 is 2.56 bits per heavy atom. The van der Waals surface area contributed by atoms with E-state index < -0.39 is 23.8 Å². The molecule has 3 aromatic rings. The maximum Gasteiger partial charge on any atom is 0.266 e. The van der Waals surface area contributed by atoms with Gasteiger partial charge in [-0.05, 0) is 38.8 Å². The van der Waals surface area contributed by atoms with Crippen LogP contribution in [0, 0.1) is 18.7 Å². The molecule has 0 spiro atoms. The summed E-state index contributed by atoms with van der Waals surface area (Å²) in [4.78, 5) is 21.1. The summed E-state index contributed by atoms with van der Waals surface area (Å²) in [6.45, 7) is 3.37. The summed E-state index contributed by atoms with van der Waals surface area (Å²) in [5.74, 6) is 0.314. The molecule has 4 rings (SSSR count). The number of fused-ring (bicyclic) bond motifs is 1. The van der Waals surface area contributed by atoms with Gasteiger partial charge in [-0.15, -0.1) is 0 Å². The van der Waals surface area contributed by atoms with E-state index in [1.54, 1.807) is 26.0 Å². The van der Waals surface area contributed by atoms with E-state index >= 15 is 0 Å². The van der Waals surface area contributed by atoms with Gasteiger partial charge in [0, 0.05) is 16.9 Å². The summed E-state index contributed by atoms with van der Waals surface area (Å²) in [5.41, 5.74) is 0.524. The van der Waals surface area contributed by atoms with Crippen LogP contribution in [-0.2, 0) is 4.79 Å². The van der Waals surface area contributed by atoms with Crippen molar-refractivity contribution in [3.05, 3.63) is 53.1 Å². The molecule has 1 aliphatic carbocycles. The van der Waals surface area contributed by atoms with Crippen molar-refractivity contribution < 1.29 is 22.7 Å². The first-order chi connectivity index (χ1) is 15.3. The number of rotatable bonds is 7. The molecule has 2 aromatic carbocycles. The number of carbonyl (C=O) groups excluding carboxylic acids is 1. The summed E-state index contributed by atoms with van der Waals surface area (Å²) in [6.07, 6.45) is -1.16. The molecule has 1 saturated carbocycles. The van der Waals surface area contributed by atoms with Gasteiger partial charge in [0.15, 0.2) is 0 Å². The van der Waals surface area contributed by atoms with E-state index in [9.17, 15) is 18.0 Å². The van der Waals surface area contributed by atoms with Gasteiger partial charge >= 0.3 is 0 Å². The van der Waals surface area contributed by atoms with Crippen LogP contribution >= 0.6 is 0 Å². The molecule has 1 aromatic heterocycles. The Hall–Kier alpha value is -3.36. The number of halogens is 3. The Labute approximate surface area is 183 Å². The van der Waals surface area contributed by atoms with Crippen LogP contribution in [0.3, 0.4) is 0 Å². The molecule has 1 atom stereocenters. The molecular weight excluding hydrogens is 421 g/mol. The second kappa shape index (κ2) is 8.64. The molecule has 1 amide bonds. The van der Waals surface area contributed by atoms with Crippen LogP contribution < -0.4 is 15.4 Å². The summed E-state index contributed by atoms with van der Waals surface area (Å²) in [5, 5.41) is 6.58. The molecule has 0 bridgehead atoms. The molecule has 0 aliphatic heterocycles. The molecule has 2 N–H and O–H groups in total. The maximum atomic E-state index is 14.6. The van der Waals surface area contributed by atoms with Crippen LogP contribution in [0.25, 0.3) is 10.9 Å². The highest BCUT2D eigenvalue weighted by Crippen LogP contribution is 2.36. The molecule has 1 fully saturated rings. The summed E-state index contributed by atoms with van der Waals surface area (Å²) >= 11 is 0. The SMILES string of the molecule is COc1cc2c(NC(C)c3cccc(C(F)F)c3F)nc(C)nc2cc1NC(=O)C1CC1. The van der Waals surface area contributed by atoms with Gasteiger partial charge in [0.1, 0.15) is 23.2 Å². The minimum Gasteiger partial charge on any atom is -0.495 e. The van der Waals surface area contributed by atoms with E-state index in [1.807, 2.05) is 0 Å². The number of nitrogens with one attached hydrogen (secondary N) is 2. The Kier molecular flexibility index (Phi) is 5.90. The smallest absolute Gasteiger partial charge is 0.266 e. The number of alkyl halides is 2. The summed E-state index contributed by atoms with van der Waals surface area (Å²) < 4.78 is 46.3. The zero-order valence-corrected chi connectivity index (χ0v) is 17.9. The second-order valence-corrected chi connectivity index (χ2v) is 7.87. The predicted molar refractivity (Wildman–Crippen MR) is 116 cm³/mol. The fourth-order valence-electron chi connectivity index (χ4n) is 3.58. The number of benzene rings is 2. The van der Waals surface area contributed by atoms with E-state index in [0.717, 1.165) is 18.9 Å². The summed E-state index contributed by atoms with van der Waals surface area (Å²) in [6, 6.07) is 6.69. The van der Waals surface area contributed by atoms with Gasteiger partial charge in [-0.2, -0.15) is 0 Å². The molecule has 6 nitrogen and oxygen atoms in total. The number of nitrogens with zero attached hydrogens (tertiary/aromatic N) is 2. The molecule has 9 heteroatoms. The molecular formula is C23H23F3N4O2. The average molecular weight is 444 g/mol. The molecule has 168 valence electrons. The van der Waals surface area contributed by atoms with E-state index in [-0.39, 0.29) is 17.4 Å². The lowest BCUT2D eigenvalue weighted by Crippen LogP contribution is -2.15. The number of hydrogen-bond acceptors (Lipinski definition) is 5. The van der Waals surface area contributed by atoms with Gasteiger partial charge in [0.05, 0.1) is 29.9 Å². The van der Waals surface area contributed by atoms with E-state index in [2.05, 4.69) is 20.6 Å². The largest absolute Gasteiger partial charge is 0.495 e. The van der Waals surface area contributed by atoms with Gasteiger partial charge in [-0.25, -0.2) is 23.1 Å². The molecule has 0 radical (unpaired) electrons. The third kappa shape index (κ3) is 4.32. The van der Waals surface area contributed by atoms with Crippen molar-refractivity contribution in [2.75, 3.05) is 17.7 Å². The molecule has 1 unspecified atom stereocenters. The number of anilines is 2. The van der Waals surface area contributed by atoms with Gasteiger partial charge in [-0.1, -0.05) is 18.2 Å². The first-order valence-electron chi connectivity index (χ1n) is 10.3. The van der Waals surface area contributed by atoms with Gasteiger partial charge in [0.2, 0.25) is 5.91 Å². The van der Waals surface area contributed by atoms with Crippen LogP contribution in [0.1, 0.15) is 49.2 Å². The third-order valence-corrected chi connectivity index (χ3v) is 5.45. The van der Waals surface area contributed by atoms with Crippen molar-refractivity contribution in [2.45, 2.75) is 39.2 Å². The first kappa shape index (κ1) is 21.9. The van der Waals surface area contributed by atoms with Crippen molar-refractivity contribution in [1.82, 2.24) is 9.97 Å². The number of hydrogen-bond donors (Lipinski definition) is 2. The van der Waals surface area contributed by atoms with E-state index in [4.69, 9.17) is 4.74 Å². The minimum absolute atomic E-state index is 0.0273. The zero-order chi connectivity index (χ0) is 23.0. The quantitative estimate of drug-likeness (QED) is 0.500. The first-order valence-corrected chi connectivity index (χ1v) is 10.3. The average Bonchev–Trinajstić information content (AvgIpc) is 3.58. The standard InChI is InChI=1S/C23H23F3N4O2/c1-11(14-5-4-6-15(20(14)24)21(25)26)27-22-16-9-19(32-3)18(30-23(31)13-7-8-13)10-17(16)28-12(2)29-22/h4-6,9-11,13,21H,7-8H2,1-3H3,(H,30,31)(H,27,28,29). The number of carbonyl (C=O) groups is 1. The number of aryl methyl sites for hydroxylation is 1. The Morgan fingerprint density at radius 2 is 1.91 bits per heavy atom. The minimum atomic E-state index is -2.90. The van der Waals surface area contributed by atoms with Crippen LogP contribution in [0.5, 0.6) is 5.75 Å². The zero-order valence-electron chi connectivity index (χ0n) is 17.9. The molecule has 1 heterocycles. The van der Waals surface area contributed by atoms with Crippen molar-refractivity contribution in [2.24, 2.45) is 5.92 Å². The van der Waals surface area contributed by atoms with Crippen molar-refractivity contribution in [3.8, 4) is 5.75 Å². The van der Waals surface area contributed by atoms with Crippen molar-refractivity contribution in [3.63, 3.8) is 0 Å². The maximum absolute atomic E-state index is 14.6. The highest BCUT2D eigenvalue weighted by atomic mass is 19.3. The monoisotopic (exact) mass is 444 g/mol. The van der Waals surface area contributed by atoms with E-state index in [0.29, 0.717) is 34.0 Å². The Bertz CT molecular complexity index is 1180. The van der Waals surface area contributed by atoms with Crippen molar-refractivity contribution >= 4 is 28.3 Å². The topological polar surface area (TPSA) is 76.1 Å². The Balaban J connectivity index is 1.71. The number of ether oxygens (including phenoxy) is 1. The lowest BCUT2D eigenvalue weighted by molar-refractivity contribution is -0.117. The molecule has 32 heavy (non-hydrogen) atoms. The number of amides is 1. The van der Waals surface area contributed by atoms with Crippen molar-refractivity contribution in [1.29, 1.82) is 0 Å². The Morgan fingerprint density at radius 1 is 1.19 bits per heavy atom. The number of methoxy groups -OCH3 is 1. The normalized spacial score (nSPS) is 14.5. The van der Waals surface area contributed by atoms with Gasteiger partial charge < -0.3 is 15.4 Å². The van der Waals surface area contributed by atoms with Gasteiger partial charge in [0.25, 0.3) is 6.43 Å². The lowest BCUT2D eigenvalue weighted by Gasteiger charge is -2.19.